The molecule has 0 unspecified atom stereocenters. The van der Waals surface area contributed by atoms with Crippen molar-refractivity contribution < 1.29 is 36.5 Å². The summed E-state index contributed by atoms with van der Waals surface area (Å²) in [5, 5.41) is 13.3. The average Bonchev–Trinajstić information content (AvgIpc) is 4.21. The zero-order chi connectivity index (χ0) is 48.6. The Morgan fingerprint density at radius 2 is 1.24 bits per heavy atom. The van der Waals surface area contributed by atoms with Gasteiger partial charge in [0.1, 0.15) is 33.6 Å². The molecule has 0 bridgehead atoms. The molecule has 0 atom stereocenters. The molecule has 4 aromatic heterocycles. The molecule has 2 N–H and O–H groups in total. The summed E-state index contributed by atoms with van der Waals surface area (Å²) < 4.78 is 70.2. The summed E-state index contributed by atoms with van der Waals surface area (Å²) in [4.78, 5) is 32.8. The van der Waals surface area contributed by atoms with E-state index in [0.717, 1.165) is 49.9 Å². The lowest BCUT2D eigenvalue weighted by Crippen LogP contribution is -2.41. The van der Waals surface area contributed by atoms with Crippen LogP contribution >= 0.6 is 39.1 Å². The SMILES string of the molecule is C.C#CC#CC#CC#CC.CC1(C)OB(c2cc(F)c(Cl)cc2F)OC1(C)C.O=C(NC1CC1)c1nc2cccnn2c1-c1cc(F)c(Cl)cc1F.O=C(NC1CC1)c1nc2cccnn2c1Br. The van der Waals surface area contributed by atoms with E-state index in [1.165, 1.54) is 10.7 Å². The molecule has 12 nitrogen and oxygen atoms in total. The number of imidazole rings is 2. The lowest BCUT2D eigenvalue weighted by molar-refractivity contribution is 0.00578. The van der Waals surface area contributed by atoms with Crippen molar-refractivity contribution in [2.24, 2.45) is 0 Å². The molecule has 3 fully saturated rings. The van der Waals surface area contributed by atoms with Gasteiger partial charge in [0.05, 0.1) is 21.2 Å². The van der Waals surface area contributed by atoms with Crippen LogP contribution in [-0.4, -0.2) is 71.4 Å². The van der Waals surface area contributed by atoms with Crippen molar-refractivity contribution in [3.05, 3.63) is 110 Å². The third-order valence-corrected chi connectivity index (χ3v) is 11.5. The maximum absolute atomic E-state index is 14.4. The Bertz CT molecular complexity index is 3100. The van der Waals surface area contributed by atoms with Crippen molar-refractivity contribution in [2.45, 2.75) is 91.0 Å². The van der Waals surface area contributed by atoms with Crippen LogP contribution < -0.4 is 16.1 Å². The second-order valence-corrected chi connectivity index (χ2v) is 17.4. The maximum atomic E-state index is 14.4. The predicted molar refractivity (Wildman–Crippen MR) is 257 cm³/mol. The summed E-state index contributed by atoms with van der Waals surface area (Å²) in [6.07, 6.45) is 11.9. The van der Waals surface area contributed by atoms with Gasteiger partial charge >= 0.3 is 7.12 Å². The van der Waals surface area contributed by atoms with Crippen LogP contribution in [0.4, 0.5) is 17.6 Å². The van der Waals surface area contributed by atoms with Gasteiger partial charge in [0.25, 0.3) is 11.8 Å². The van der Waals surface area contributed by atoms with Crippen molar-refractivity contribution in [3.8, 4) is 59.1 Å². The van der Waals surface area contributed by atoms with Gasteiger partial charge in [-0.3, -0.25) is 9.59 Å². The highest BCUT2D eigenvalue weighted by molar-refractivity contribution is 9.10. The number of nitrogens with zero attached hydrogens (tertiary/aromatic N) is 6. The number of terminal acetylenes is 1. The number of aromatic nitrogens is 6. The molecule has 1 saturated heterocycles. The first-order valence-electron chi connectivity index (χ1n) is 20.3. The van der Waals surface area contributed by atoms with Crippen LogP contribution in [0.1, 0.15) is 88.7 Å². The van der Waals surface area contributed by atoms with Gasteiger partial charge in [-0.25, -0.2) is 36.6 Å². The highest BCUT2D eigenvalue weighted by atomic mass is 79.9. The summed E-state index contributed by atoms with van der Waals surface area (Å²) in [6.45, 7) is 9.09. The number of hydrogen-bond acceptors (Lipinski definition) is 8. The minimum absolute atomic E-state index is 0. The Kier molecular flexibility index (Phi) is 17.5. The first kappa shape index (κ1) is 52.6. The molecular formula is C48H42BBrCl2F4N8O4. The molecule has 68 heavy (non-hydrogen) atoms. The molecule has 2 saturated carbocycles. The second-order valence-electron chi connectivity index (χ2n) is 15.8. The topological polar surface area (TPSA) is 137 Å². The second kappa shape index (κ2) is 22.6. The van der Waals surface area contributed by atoms with Crippen molar-refractivity contribution in [2.75, 3.05) is 0 Å². The number of amides is 2. The minimum Gasteiger partial charge on any atom is -0.399 e. The van der Waals surface area contributed by atoms with Gasteiger partial charge in [-0.05, 0) is 160 Å². The number of nitrogens with one attached hydrogen (secondary N) is 2. The van der Waals surface area contributed by atoms with Crippen molar-refractivity contribution in [1.82, 2.24) is 39.8 Å². The standard InChI is InChI=1S/C16H11ClF2N4O.C12H14BClF2O2.C10H9BrN4O.C9H4.CH4/c17-10-7-11(18)9(6-12(10)19)15-14(16(24)21-8-3-4-8)22-13-2-1-5-20-23(13)15;1-11(2)12(3,4)18-13(17-11)7-5-10(16)8(14)6-9(7)15;11-9-8(10(16)13-6-3-4-6)14-7-2-1-5-12-15(7)9;1-3-5-7-9-8-6-4-2;/h1-2,5-8H,3-4H2,(H,21,24);5-6H,1-4H3;1-2,5-6H,3-4H2,(H,13,16);1H,2H3;1H4. The normalized spacial score (nSPS) is 14.7. The number of carbonyl (C=O) groups is 2. The van der Waals surface area contributed by atoms with E-state index in [0.29, 0.717) is 27.6 Å². The molecule has 20 heteroatoms. The van der Waals surface area contributed by atoms with E-state index in [-0.39, 0.29) is 51.8 Å². The van der Waals surface area contributed by atoms with E-state index in [1.807, 2.05) is 33.8 Å². The first-order chi connectivity index (χ1) is 31.8. The molecule has 6 aromatic rings. The fourth-order valence-corrected chi connectivity index (χ4v) is 6.68. The summed E-state index contributed by atoms with van der Waals surface area (Å²) in [5.74, 6) is 13.5. The van der Waals surface area contributed by atoms with Crippen molar-refractivity contribution in [1.29, 1.82) is 0 Å². The molecule has 3 aliphatic rings. The third-order valence-electron chi connectivity index (χ3n) is 10.2. The molecule has 2 aromatic carbocycles. The molecule has 5 heterocycles. The van der Waals surface area contributed by atoms with Gasteiger partial charge in [-0.1, -0.05) is 36.5 Å². The smallest absolute Gasteiger partial charge is 0.399 e. The fourth-order valence-electron chi connectivity index (χ4n) is 5.84. The number of rotatable bonds is 6. The number of carbonyl (C=O) groups excluding carboxylic acids is 2. The van der Waals surface area contributed by atoms with Gasteiger partial charge in [-0.15, -0.1) is 6.42 Å². The molecule has 350 valence electrons. The Hall–Kier alpha value is -6.38. The summed E-state index contributed by atoms with van der Waals surface area (Å²) in [6, 6.07) is 11.1. The van der Waals surface area contributed by atoms with E-state index >= 15 is 0 Å². The number of halogens is 7. The molecule has 2 aliphatic carbocycles. The molecule has 2 amide bonds. The van der Waals surface area contributed by atoms with Crippen molar-refractivity contribution >= 4 is 74.8 Å². The first-order valence-corrected chi connectivity index (χ1v) is 21.9. The van der Waals surface area contributed by atoms with E-state index < -0.39 is 47.5 Å². The fraction of sp³-hybridized carbons (Fsp3) is 0.292. The third kappa shape index (κ3) is 12.8. The number of benzene rings is 2. The quantitative estimate of drug-likeness (QED) is 0.0732. The summed E-state index contributed by atoms with van der Waals surface area (Å²) in [7, 11) is -0.929. The largest absolute Gasteiger partial charge is 0.497 e. The van der Waals surface area contributed by atoms with E-state index in [2.05, 4.69) is 88.2 Å². The Morgan fingerprint density at radius 1 is 0.750 bits per heavy atom. The van der Waals surface area contributed by atoms with Crippen LogP contribution in [0.2, 0.25) is 10.0 Å². The summed E-state index contributed by atoms with van der Waals surface area (Å²) >= 11 is 14.5. The van der Waals surface area contributed by atoms with Crippen LogP contribution in [0, 0.1) is 71.1 Å². The molecule has 9 rings (SSSR count). The zero-order valence-corrected chi connectivity index (χ0v) is 39.5. The van der Waals surface area contributed by atoms with E-state index in [1.54, 1.807) is 35.8 Å². The number of hydrogen-bond donors (Lipinski definition) is 2. The maximum Gasteiger partial charge on any atom is 0.497 e. The van der Waals surface area contributed by atoms with Gasteiger partial charge in [0.2, 0.25) is 0 Å². The molecule has 0 radical (unpaired) electrons. The summed E-state index contributed by atoms with van der Waals surface area (Å²) in [5.41, 5.74) is 0.224. The van der Waals surface area contributed by atoms with Crippen LogP contribution in [0.3, 0.4) is 0 Å². The monoisotopic (exact) mass is 1030 g/mol. The Morgan fingerprint density at radius 3 is 1.78 bits per heavy atom. The molecule has 1 aliphatic heterocycles. The van der Waals surface area contributed by atoms with Gasteiger partial charge in [0.15, 0.2) is 22.7 Å². The minimum atomic E-state index is -0.929. The van der Waals surface area contributed by atoms with Gasteiger partial charge < -0.3 is 19.9 Å². The average molecular weight is 1030 g/mol. The zero-order valence-electron chi connectivity index (χ0n) is 36.4. The van der Waals surface area contributed by atoms with Gasteiger partial charge in [0, 0.05) is 35.5 Å². The highest BCUT2D eigenvalue weighted by Gasteiger charge is 2.52. The predicted octanol–water partition coefficient (Wildman–Crippen LogP) is 8.81. The van der Waals surface area contributed by atoms with Crippen molar-refractivity contribution in [3.63, 3.8) is 0 Å². The lowest BCUT2D eigenvalue weighted by Gasteiger charge is -2.32. The van der Waals surface area contributed by atoms with Crippen LogP contribution in [-0.2, 0) is 9.31 Å². The van der Waals surface area contributed by atoms with Crippen LogP contribution in [0.15, 0.2) is 65.5 Å². The Balaban J connectivity index is 0.000000177. The molecular weight excluding hydrogens is 990 g/mol. The van der Waals surface area contributed by atoms with Crippen LogP contribution in [0.25, 0.3) is 22.6 Å². The highest BCUT2D eigenvalue weighted by Crippen LogP contribution is 2.37. The van der Waals surface area contributed by atoms with Gasteiger partial charge in [-0.2, -0.15) is 10.2 Å². The Labute approximate surface area is 409 Å². The van der Waals surface area contributed by atoms with Crippen LogP contribution in [0.5, 0.6) is 0 Å². The van der Waals surface area contributed by atoms with E-state index in [9.17, 15) is 27.2 Å². The van der Waals surface area contributed by atoms with E-state index in [4.69, 9.17) is 38.9 Å². The lowest BCUT2D eigenvalue weighted by atomic mass is 9.78. The number of fused-ring (bicyclic) bond motifs is 2. The molecule has 0 spiro atoms.